The molecule has 1 aromatic carbocycles. The number of aryl methyl sites for hydroxylation is 2. The van der Waals surface area contributed by atoms with Crippen molar-refractivity contribution in [1.82, 2.24) is 9.78 Å². The van der Waals surface area contributed by atoms with Crippen molar-refractivity contribution in [1.29, 1.82) is 0 Å². The maximum absolute atomic E-state index is 4.50. The van der Waals surface area contributed by atoms with Gasteiger partial charge in [-0.2, -0.15) is 5.10 Å². The maximum atomic E-state index is 4.50. The van der Waals surface area contributed by atoms with E-state index < -0.39 is 0 Å². The first-order valence-electron chi connectivity index (χ1n) is 5.62. The van der Waals surface area contributed by atoms with Gasteiger partial charge in [0.1, 0.15) is 0 Å². The number of aromatic nitrogens is 2. The van der Waals surface area contributed by atoms with Crippen LogP contribution in [0.5, 0.6) is 0 Å². The summed E-state index contributed by atoms with van der Waals surface area (Å²) in [6, 6.07) is 10.5. The summed E-state index contributed by atoms with van der Waals surface area (Å²) in [5.74, 6) is 0.944. The van der Waals surface area contributed by atoms with Crippen LogP contribution in [0.4, 0.5) is 0 Å². The van der Waals surface area contributed by atoms with Gasteiger partial charge in [-0.3, -0.25) is 4.68 Å². The van der Waals surface area contributed by atoms with Crippen molar-refractivity contribution >= 4 is 27.7 Å². The van der Waals surface area contributed by atoms with Crippen LogP contribution >= 0.6 is 27.7 Å². The van der Waals surface area contributed by atoms with Crippen LogP contribution in [0.25, 0.3) is 0 Å². The summed E-state index contributed by atoms with van der Waals surface area (Å²) >= 11 is 5.46. The van der Waals surface area contributed by atoms with Gasteiger partial charge in [-0.1, -0.05) is 18.2 Å². The van der Waals surface area contributed by atoms with Gasteiger partial charge >= 0.3 is 0 Å². The molecule has 0 amide bonds. The fourth-order valence-electron chi connectivity index (χ4n) is 1.68. The summed E-state index contributed by atoms with van der Waals surface area (Å²) in [7, 11) is 0. The molecule has 17 heavy (non-hydrogen) atoms. The van der Waals surface area contributed by atoms with E-state index in [4.69, 9.17) is 0 Å². The molecule has 1 aromatic heterocycles. The normalized spacial score (nSPS) is 10.8. The Kier molecular flexibility index (Phi) is 4.29. The molecule has 2 aromatic rings. The topological polar surface area (TPSA) is 17.8 Å². The Morgan fingerprint density at radius 1 is 1.29 bits per heavy atom. The highest BCUT2D eigenvalue weighted by molar-refractivity contribution is 9.10. The second kappa shape index (κ2) is 5.74. The van der Waals surface area contributed by atoms with Gasteiger partial charge in [0, 0.05) is 17.2 Å². The Hall–Kier alpha value is -0.740. The van der Waals surface area contributed by atoms with Gasteiger partial charge in [-0.25, -0.2) is 0 Å². The van der Waals surface area contributed by atoms with E-state index in [0.29, 0.717) is 0 Å². The highest BCUT2D eigenvalue weighted by Crippen LogP contribution is 2.28. The minimum Gasteiger partial charge on any atom is -0.268 e. The molecule has 0 saturated carbocycles. The maximum Gasteiger partial charge on any atom is 0.0739 e. The van der Waals surface area contributed by atoms with Crippen molar-refractivity contribution in [2.24, 2.45) is 0 Å². The second-order valence-corrected chi connectivity index (χ2v) is 5.61. The molecule has 0 fully saturated rings. The summed E-state index contributed by atoms with van der Waals surface area (Å²) in [6.07, 6.45) is 0. The second-order valence-electron chi connectivity index (χ2n) is 3.76. The van der Waals surface area contributed by atoms with Crippen LogP contribution in [0.3, 0.4) is 0 Å². The van der Waals surface area contributed by atoms with Gasteiger partial charge < -0.3 is 0 Å². The van der Waals surface area contributed by atoms with Crippen LogP contribution in [0.15, 0.2) is 39.7 Å². The van der Waals surface area contributed by atoms with Gasteiger partial charge in [0.15, 0.2) is 0 Å². The average molecular weight is 311 g/mol. The predicted octanol–water partition coefficient (Wildman–Crippen LogP) is 4.27. The van der Waals surface area contributed by atoms with Crippen LogP contribution in [0.1, 0.15) is 18.3 Å². The van der Waals surface area contributed by atoms with E-state index in [0.717, 1.165) is 22.5 Å². The summed E-state index contributed by atoms with van der Waals surface area (Å²) in [4.78, 5) is 1.29. The molecule has 0 bridgehead atoms. The lowest BCUT2D eigenvalue weighted by atomic mass is 10.4. The largest absolute Gasteiger partial charge is 0.268 e. The van der Waals surface area contributed by atoms with Crippen molar-refractivity contribution in [3.63, 3.8) is 0 Å². The highest BCUT2D eigenvalue weighted by Gasteiger charge is 2.11. The van der Waals surface area contributed by atoms with E-state index in [1.165, 1.54) is 10.6 Å². The Labute approximate surface area is 115 Å². The van der Waals surface area contributed by atoms with Crippen molar-refractivity contribution in [2.75, 3.05) is 0 Å². The lowest BCUT2D eigenvalue weighted by Gasteiger charge is -2.05. The zero-order chi connectivity index (χ0) is 12.3. The Morgan fingerprint density at radius 3 is 2.65 bits per heavy atom. The molecule has 2 rings (SSSR count). The Morgan fingerprint density at radius 2 is 2.00 bits per heavy atom. The lowest BCUT2D eigenvalue weighted by molar-refractivity contribution is 0.631. The summed E-state index contributed by atoms with van der Waals surface area (Å²) in [5, 5.41) is 4.50. The summed E-state index contributed by atoms with van der Waals surface area (Å²) < 4.78 is 3.21. The van der Waals surface area contributed by atoms with E-state index >= 15 is 0 Å². The smallest absolute Gasteiger partial charge is 0.0739 e. The molecule has 0 radical (unpaired) electrons. The monoisotopic (exact) mass is 310 g/mol. The van der Waals surface area contributed by atoms with Crippen LogP contribution in [-0.2, 0) is 12.3 Å². The van der Waals surface area contributed by atoms with Crippen LogP contribution in [0.2, 0.25) is 0 Å². The Bertz CT molecular complexity index is 494. The first-order chi connectivity index (χ1) is 8.22. The van der Waals surface area contributed by atoms with Gasteiger partial charge in [0.25, 0.3) is 0 Å². The quantitative estimate of drug-likeness (QED) is 0.785. The molecule has 0 spiro atoms. The zero-order valence-corrected chi connectivity index (χ0v) is 12.4. The summed E-state index contributed by atoms with van der Waals surface area (Å²) in [6.45, 7) is 5.07. The third kappa shape index (κ3) is 2.93. The first-order valence-corrected chi connectivity index (χ1v) is 7.40. The molecule has 1 heterocycles. The number of halogens is 1. The minimum atomic E-state index is 0.914. The molecular formula is C13H15BrN2S. The Balaban J connectivity index is 2.14. The van der Waals surface area contributed by atoms with Gasteiger partial charge in [0.05, 0.1) is 15.9 Å². The molecule has 2 nitrogen and oxygen atoms in total. The number of rotatable bonds is 4. The fourth-order valence-corrected chi connectivity index (χ4v) is 3.23. The van der Waals surface area contributed by atoms with E-state index in [2.05, 4.69) is 56.9 Å². The van der Waals surface area contributed by atoms with Crippen LogP contribution < -0.4 is 0 Å². The van der Waals surface area contributed by atoms with E-state index in [9.17, 15) is 0 Å². The van der Waals surface area contributed by atoms with Crippen molar-refractivity contribution in [2.45, 2.75) is 31.0 Å². The first kappa shape index (κ1) is 12.7. The fraction of sp³-hybridized carbons (Fsp3) is 0.308. The third-order valence-electron chi connectivity index (χ3n) is 2.57. The SMILES string of the molecule is CCn1nc(C)c(Br)c1CSc1ccccc1. The third-order valence-corrected chi connectivity index (χ3v) is 4.63. The molecule has 0 aliphatic rings. The van der Waals surface area contributed by atoms with Crippen LogP contribution in [0, 0.1) is 6.92 Å². The molecule has 0 atom stereocenters. The van der Waals surface area contributed by atoms with Crippen molar-refractivity contribution in [3.05, 3.63) is 46.2 Å². The molecule has 0 aliphatic heterocycles. The van der Waals surface area contributed by atoms with E-state index in [-0.39, 0.29) is 0 Å². The van der Waals surface area contributed by atoms with Gasteiger partial charge in [-0.05, 0) is 41.9 Å². The number of thioether (sulfide) groups is 1. The number of hydrogen-bond acceptors (Lipinski definition) is 2. The molecule has 0 saturated heterocycles. The predicted molar refractivity (Wildman–Crippen MR) is 76.3 cm³/mol. The number of hydrogen-bond donors (Lipinski definition) is 0. The molecule has 0 N–H and O–H groups in total. The molecule has 0 aliphatic carbocycles. The molecule has 0 unspecified atom stereocenters. The minimum absolute atomic E-state index is 0.914. The molecular weight excluding hydrogens is 296 g/mol. The van der Waals surface area contributed by atoms with Crippen molar-refractivity contribution < 1.29 is 0 Å². The van der Waals surface area contributed by atoms with Gasteiger partial charge in [0.2, 0.25) is 0 Å². The number of benzene rings is 1. The molecule has 4 heteroatoms. The zero-order valence-electron chi connectivity index (χ0n) is 9.98. The van der Waals surface area contributed by atoms with Crippen LogP contribution in [-0.4, -0.2) is 9.78 Å². The van der Waals surface area contributed by atoms with Gasteiger partial charge in [-0.15, -0.1) is 11.8 Å². The molecule has 90 valence electrons. The van der Waals surface area contributed by atoms with Crippen molar-refractivity contribution in [3.8, 4) is 0 Å². The summed E-state index contributed by atoms with van der Waals surface area (Å²) in [5.41, 5.74) is 2.33. The number of nitrogens with zero attached hydrogens (tertiary/aromatic N) is 2. The lowest BCUT2D eigenvalue weighted by Crippen LogP contribution is -2.01. The van der Waals surface area contributed by atoms with E-state index in [1.807, 2.05) is 24.8 Å². The standard InChI is InChI=1S/C13H15BrN2S/c1-3-16-12(13(14)10(2)15-16)9-17-11-7-5-4-6-8-11/h4-8H,3,9H2,1-2H3. The highest BCUT2D eigenvalue weighted by atomic mass is 79.9. The van der Waals surface area contributed by atoms with E-state index in [1.54, 1.807) is 0 Å². The average Bonchev–Trinajstić information content (AvgIpc) is 2.64.